The summed E-state index contributed by atoms with van der Waals surface area (Å²) in [5.74, 6) is 0. The maximum absolute atomic E-state index is 8.95. The van der Waals surface area contributed by atoms with E-state index in [4.69, 9.17) is 5.11 Å². The SMILES string of the molecule is OCc1cnnn1C1CCNC1. The van der Waals surface area contributed by atoms with Gasteiger partial charge in [0, 0.05) is 6.54 Å². The second kappa shape index (κ2) is 3.20. The Morgan fingerprint density at radius 3 is 3.33 bits per heavy atom. The van der Waals surface area contributed by atoms with Crippen molar-refractivity contribution in [3.05, 3.63) is 11.9 Å². The van der Waals surface area contributed by atoms with Gasteiger partial charge in [0.25, 0.3) is 0 Å². The first-order valence-corrected chi connectivity index (χ1v) is 4.12. The third-order valence-electron chi connectivity index (χ3n) is 2.19. The Balaban J connectivity index is 2.19. The Morgan fingerprint density at radius 2 is 2.67 bits per heavy atom. The first-order chi connectivity index (χ1) is 5.92. The van der Waals surface area contributed by atoms with Crippen LogP contribution < -0.4 is 5.32 Å². The molecule has 1 saturated heterocycles. The van der Waals surface area contributed by atoms with Crippen molar-refractivity contribution in [2.24, 2.45) is 0 Å². The van der Waals surface area contributed by atoms with E-state index in [2.05, 4.69) is 15.6 Å². The van der Waals surface area contributed by atoms with Crippen LogP contribution in [0.5, 0.6) is 0 Å². The number of rotatable bonds is 2. The normalized spacial score (nSPS) is 23.2. The number of nitrogens with one attached hydrogen (secondary N) is 1. The molecular formula is C7H12N4O. The number of aromatic nitrogens is 3. The van der Waals surface area contributed by atoms with E-state index in [0.29, 0.717) is 6.04 Å². The second-order valence-corrected chi connectivity index (χ2v) is 2.97. The summed E-state index contributed by atoms with van der Waals surface area (Å²) in [6.07, 6.45) is 2.68. The molecule has 1 aliphatic heterocycles. The number of hydrogen-bond donors (Lipinski definition) is 2. The summed E-state index contributed by atoms with van der Waals surface area (Å²) in [5, 5.41) is 19.9. The summed E-state index contributed by atoms with van der Waals surface area (Å²) in [6.45, 7) is 1.97. The summed E-state index contributed by atoms with van der Waals surface area (Å²) in [4.78, 5) is 0. The standard InChI is InChI=1S/C7H12N4O/c12-5-7-4-9-10-11(7)6-1-2-8-3-6/h4,6,8,12H,1-3,5H2. The van der Waals surface area contributed by atoms with Gasteiger partial charge in [-0.25, -0.2) is 4.68 Å². The van der Waals surface area contributed by atoms with Crippen LogP contribution >= 0.6 is 0 Å². The maximum atomic E-state index is 8.95. The highest BCUT2D eigenvalue weighted by atomic mass is 16.3. The molecule has 2 rings (SSSR count). The summed E-state index contributed by atoms with van der Waals surface area (Å²) in [5.41, 5.74) is 0.795. The Labute approximate surface area is 70.4 Å². The predicted molar refractivity (Wildman–Crippen MR) is 42.5 cm³/mol. The molecule has 0 spiro atoms. The van der Waals surface area contributed by atoms with E-state index < -0.39 is 0 Å². The molecule has 0 amide bonds. The average molecular weight is 168 g/mol. The lowest BCUT2D eigenvalue weighted by molar-refractivity contribution is 0.262. The monoisotopic (exact) mass is 168 g/mol. The molecule has 1 unspecified atom stereocenters. The summed E-state index contributed by atoms with van der Waals surface area (Å²) in [6, 6.07) is 0.370. The van der Waals surface area contributed by atoms with Crippen molar-refractivity contribution in [1.82, 2.24) is 20.3 Å². The molecule has 66 valence electrons. The zero-order valence-electron chi connectivity index (χ0n) is 6.77. The fourth-order valence-corrected chi connectivity index (χ4v) is 1.53. The predicted octanol–water partition coefficient (Wildman–Crippen LogP) is -0.695. The zero-order valence-corrected chi connectivity index (χ0v) is 6.77. The second-order valence-electron chi connectivity index (χ2n) is 2.97. The number of hydrogen-bond acceptors (Lipinski definition) is 4. The van der Waals surface area contributed by atoms with Gasteiger partial charge in [-0.05, 0) is 13.0 Å². The molecule has 5 nitrogen and oxygen atoms in total. The fraction of sp³-hybridized carbons (Fsp3) is 0.714. The molecule has 2 N–H and O–H groups in total. The Kier molecular flexibility index (Phi) is 2.05. The van der Waals surface area contributed by atoms with Gasteiger partial charge in [-0.15, -0.1) is 5.10 Å². The highest BCUT2D eigenvalue weighted by molar-refractivity contribution is 4.95. The van der Waals surface area contributed by atoms with E-state index in [1.165, 1.54) is 0 Å². The van der Waals surface area contributed by atoms with Crippen LogP contribution in [-0.2, 0) is 6.61 Å². The molecule has 1 atom stereocenters. The lowest BCUT2D eigenvalue weighted by atomic mass is 10.2. The number of aliphatic hydroxyl groups is 1. The lowest BCUT2D eigenvalue weighted by Gasteiger charge is -2.10. The van der Waals surface area contributed by atoms with E-state index >= 15 is 0 Å². The summed E-state index contributed by atoms with van der Waals surface area (Å²) >= 11 is 0. The first kappa shape index (κ1) is 7.70. The van der Waals surface area contributed by atoms with Crippen molar-refractivity contribution < 1.29 is 5.11 Å². The summed E-state index contributed by atoms with van der Waals surface area (Å²) in [7, 11) is 0. The van der Waals surface area contributed by atoms with Crippen molar-refractivity contribution in [2.45, 2.75) is 19.1 Å². The Morgan fingerprint density at radius 1 is 1.75 bits per heavy atom. The molecule has 0 radical (unpaired) electrons. The van der Waals surface area contributed by atoms with Crippen molar-refractivity contribution in [2.75, 3.05) is 13.1 Å². The largest absolute Gasteiger partial charge is 0.390 e. The molecule has 0 aromatic carbocycles. The molecule has 0 bridgehead atoms. The van der Waals surface area contributed by atoms with Gasteiger partial charge in [0.05, 0.1) is 24.5 Å². The van der Waals surface area contributed by atoms with E-state index in [1.54, 1.807) is 10.9 Å². The van der Waals surface area contributed by atoms with Crippen LogP contribution in [0.3, 0.4) is 0 Å². The van der Waals surface area contributed by atoms with Gasteiger partial charge in [0.15, 0.2) is 0 Å². The Hall–Kier alpha value is -0.940. The number of aliphatic hydroxyl groups excluding tert-OH is 1. The third kappa shape index (κ3) is 1.21. The van der Waals surface area contributed by atoms with Crippen molar-refractivity contribution >= 4 is 0 Å². The van der Waals surface area contributed by atoms with Gasteiger partial charge in [0.1, 0.15) is 0 Å². The van der Waals surface area contributed by atoms with Crippen LogP contribution in [0.2, 0.25) is 0 Å². The molecular weight excluding hydrogens is 156 g/mol. The van der Waals surface area contributed by atoms with Crippen LogP contribution in [0.1, 0.15) is 18.2 Å². The van der Waals surface area contributed by atoms with E-state index in [1.807, 2.05) is 0 Å². The molecule has 0 aliphatic carbocycles. The van der Waals surface area contributed by atoms with Crippen molar-refractivity contribution in [1.29, 1.82) is 0 Å². The first-order valence-electron chi connectivity index (χ1n) is 4.12. The molecule has 1 aliphatic rings. The molecule has 1 fully saturated rings. The topological polar surface area (TPSA) is 63.0 Å². The van der Waals surface area contributed by atoms with E-state index in [9.17, 15) is 0 Å². The lowest BCUT2D eigenvalue weighted by Crippen LogP contribution is -2.16. The van der Waals surface area contributed by atoms with Gasteiger partial charge < -0.3 is 10.4 Å². The molecule has 2 heterocycles. The average Bonchev–Trinajstić information content (AvgIpc) is 2.74. The highest BCUT2D eigenvalue weighted by Gasteiger charge is 2.19. The minimum absolute atomic E-state index is 0.0174. The van der Waals surface area contributed by atoms with Crippen LogP contribution in [0, 0.1) is 0 Å². The van der Waals surface area contributed by atoms with Gasteiger partial charge in [-0.2, -0.15) is 0 Å². The highest BCUT2D eigenvalue weighted by Crippen LogP contribution is 2.15. The maximum Gasteiger partial charge on any atom is 0.0866 e. The Bertz CT molecular complexity index is 254. The minimum atomic E-state index is 0.0174. The van der Waals surface area contributed by atoms with Crippen LogP contribution in [0.25, 0.3) is 0 Å². The van der Waals surface area contributed by atoms with Crippen LogP contribution in [0.4, 0.5) is 0 Å². The van der Waals surface area contributed by atoms with Crippen molar-refractivity contribution in [3.8, 4) is 0 Å². The molecule has 1 aromatic rings. The molecule has 0 saturated carbocycles. The third-order valence-corrected chi connectivity index (χ3v) is 2.19. The van der Waals surface area contributed by atoms with E-state index in [0.717, 1.165) is 25.2 Å². The minimum Gasteiger partial charge on any atom is -0.390 e. The van der Waals surface area contributed by atoms with Gasteiger partial charge in [-0.1, -0.05) is 5.21 Å². The fourth-order valence-electron chi connectivity index (χ4n) is 1.53. The van der Waals surface area contributed by atoms with Gasteiger partial charge in [-0.3, -0.25) is 0 Å². The van der Waals surface area contributed by atoms with Gasteiger partial charge >= 0.3 is 0 Å². The number of nitrogens with zero attached hydrogens (tertiary/aromatic N) is 3. The van der Waals surface area contributed by atoms with E-state index in [-0.39, 0.29) is 6.61 Å². The summed E-state index contributed by atoms with van der Waals surface area (Å²) < 4.78 is 1.81. The molecule has 12 heavy (non-hydrogen) atoms. The van der Waals surface area contributed by atoms with Crippen molar-refractivity contribution in [3.63, 3.8) is 0 Å². The van der Waals surface area contributed by atoms with Gasteiger partial charge in [0.2, 0.25) is 0 Å². The quantitative estimate of drug-likeness (QED) is 0.613. The molecule has 5 heteroatoms. The zero-order chi connectivity index (χ0) is 8.39. The van der Waals surface area contributed by atoms with Crippen LogP contribution in [0.15, 0.2) is 6.20 Å². The smallest absolute Gasteiger partial charge is 0.0866 e. The van der Waals surface area contributed by atoms with Crippen LogP contribution in [-0.4, -0.2) is 33.2 Å². The molecule has 1 aromatic heterocycles.